The summed E-state index contributed by atoms with van der Waals surface area (Å²) in [6.45, 7) is 1.59. The SMILES string of the molecule is Nc1c(C(=O)O)ccnc1N1CCCC(CO)C1. The highest BCUT2D eigenvalue weighted by atomic mass is 16.4. The van der Waals surface area contributed by atoms with Gasteiger partial charge in [0.2, 0.25) is 0 Å². The Morgan fingerprint density at radius 3 is 3.06 bits per heavy atom. The van der Waals surface area contributed by atoms with Gasteiger partial charge in [0.1, 0.15) is 0 Å². The summed E-state index contributed by atoms with van der Waals surface area (Å²) in [4.78, 5) is 17.1. The minimum Gasteiger partial charge on any atom is -0.478 e. The highest BCUT2D eigenvalue weighted by Gasteiger charge is 2.23. The van der Waals surface area contributed by atoms with Crippen LogP contribution < -0.4 is 10.6 Å². The van der Waals surface area contributed by atoms with Crippen molar-refractivity contribution in [2.45, 2.75) is 12.8 Å². The number of aromatic nitrogens is 1. The van der Waals surface area contributed by atoms with Crippen LogP contribution in [0.25, 0.3) is 0 Å². The van der Waals surface area contributed by atoms with Crippen LogP contribution in [0.15, 0.2) is 12.3 Å². The molecule has 1 aromatic rings. The molecule has 2 rings (SSSR count). The third-order valence-corrected chi connectivity index (χ3v) is 3.28. The van der Waals surface area contributed by atoms with E-state index in [0.717, 1.165) is 19.4 Å². The second kappa shape index (κ2) is 5.22. The van der Waals surface area contributed by atoms with Crippen molar-refractivity contribution in [1.82, 2.24) is 4.98 Å². The lowest BCUT2D eigenvalue weighted by Gasteiger charge is -2.33. The summed E-state index contributed by atoms with van der Waals surface area (Å²) < 4.78 is 0. The number of pyridine rings is 1. The van der Waals surface area contributed by atoms with E-state index in [9.17, 15) is 9.90 Å². The molecule has 0 aromatic carbocycles. The van der Waals surface area contributed by atoms with Gasteiger partial charge in [0.25, 0.3) is 0 Å². The summed E-state index contributed by atoms with van der Waals surface area (Å²) in [5.41, 5.74) is 6.13. The molecule has 1 aliphatic rings. The Labute approximate surface area is 105 Å². The number of aliphatic hydroxyl groups is 1. The molecule has 1 aromatic heterocycles. The number of hydrogen-bond donors (Lipinski definition) is 3. The molecule has 1 atom stereocenters. The number of aromatic carboxylic acids is 1. The predicted molar refractivity (Wildman–Crippen MR) is 67.6 cm³/mol. The van der Waals surface area contributed by atoms with Gasteiger partial charge in [-0.2, -0.15) is 0 Å². The average Bonchev–Trinajstić information content (AvgIpc) is 2.38. The van der Waals surface area contributed by atoms with Crippen molar-refractivity contribution in [3.05, 3.63) is 17.8 Å². The fourth-order valence-electron chi connectivity index (χ4n) is 2.31. The van der Waals surface area contributed by atoms with Crippen LogP contribution in [-0.2, 0) is 0 Å². The first-order chi connectivity index (χ1) is 8.63. The Kier molecular flexibility index (Phi) is 3.66. The number of aliphatic hydroxyl groups excluding tert-OH is 1. The molecule has 0 spiro atoms. The topological polar surface area (TPSA) is 99.7 Å². The van der Waals surface area contributed by atoms with Crippen LogP contribution in [0, 0.1) is 5.92 Å². The van der Waals surface area contributed by atoms with Gasteiger partial charge < -0.3 is 20.8 Å². The highest BCUT2D eigenvalue weighted by Crippen LogP contribution is 2.28. The molecule has 18 heavy (non-hydrogen) atoms. The van der Waals surface area contributed by atoms with Gasteiger partial charge in [-0.15, -0.1) is 0 Å². The van der Waals surface area contributed by atoms with Gasteiger partial charge in [-0.05, 0) is 24.8 Å². The van der Waals surface area contributed by atoms with Crippen LogP contribution >= 0.6 is 0 Å². The molecule has 0 bridgehead atoms. The fraction of sp³-hybridized carbons (Fsp3) is 0.500. The Morgan fingerprint density at radius 1 is 1.61 bits per heavy atom. The molecule has 1 unspecified atom stereocenters. The molecule has 0 amide bonds. The molecule has 1 fully saturated rings. The number of rotatable bonds is 3. The molecule has 1 aliphatic heterocycles. The van der Waals surface area contributed by atoms with Crippen molar-refractivity contribution in [2.24, 2.45) is 5.92 Å². The smallest absolute Gasteiger partial charge is 0.337 e. The maximum atomic E-state index is 11.0. The molecular weight excluding hydrogens is 234 g/mol. The minimum absolute atomic E-state index is 0.0751. The average molecular weight is 251 g/mol. The van der Waals surface area contributed by atoms with E-state index in [1.54, 1.807) is 0 Å². The number of carboxylic acids is 1. The largest absolute Gasteiger partial charge is 0.478 e. The quantitative estimate of drug-likeness (QED) is 0.726. The summed E-state index contributed by atoms with van der Waals surface area (Å²) in [7, 11) is 0. The second-order valence-electron chi connectivity index (χ2n) is 4.54. The van der Waals surface area contributed by atoms with Crippen molar-refractivity contribution in [3.8, 4) is 0 Å². The molecule has 4 N–H and O–H groups in total. The number of nitrogens with two attached hydrogens (primary N) is 1. The van der Waals surface area contributed by atoms with Gasteiger partial charge in [0.05, 0.1) is 11.3 Å². The van der Waals surface area contributed by atoms with E-state index < -0.39 is 5.97 Å². The maximum absolute atomic E-state index is 11.0. The number of nitrogens with zero attached hydrogens (tertiary/aromatic N) is 2. The van der Waals surface area contributed by atoms with Crippen LogP contribution in [0.5, 0.6) is 0 Å². The summed E-state index contributed by atoms with van der Waals surface area (Å²) in [6.07, 6.45) is 3.38. The van der Waals surface area contributed by atoms with Crippen molar-refractivity contribution in [2.75, 3.05) is 30.3 Å². The van der Waals surface area contributed by atoms with E-state index in [1.165, 1.54) is 12.3 Å². The Hall–Kier alpha value is -1.82. The van der Waals surface area contributed by atoms with E-state index in [1.807, 2.05) is 4.90 Å². The van der Waals surface area contributed by atoms with Crippen LogP contribution in [0.4, 0.5) is 11.5 Å². The Balaban J connectivity index is 2.27. The first kappa shape index (κ1) is 12.6. The standard InChI is InChI=1S/C12H17N3O3/c13-10-9(12(17)18)3-4-14-11(10)15-5-1-2-8(6-15)7-16/h3-4,8,16H,1-2,5-7,13H2,(H,17,18). The molecule has 6 heteroatoms. The summed E-state index contributed by atoms with van der Waals surface area (Å²) in [5.74, 6) is -0.339. The van der Waals surface area contributed by atoms with E-state index in [0.29, 0.717) is 12.4 Å². The van der Waals surface area contributed by atoms with Crippen molar-refractivity contribution >= 4 is 17.5 Å². The molecule has 6 nitrogen and oxygen atoms in total. The van der Waals surface area contributed by atoms with Gasteiger partial charge in [0.15, 0.2) is 5.82 Å². The molecule has 98 valence electrons. The molecule has 1 saturated heterocycles. The number of piperidine rings is 1. The molecular formula is C12H17N3O3. The highest BCUT2D eigenvalue weighted by molar-refractivity contribution is 5.96. The van der Waals surface area contributed by atoms with Gasteiger partial charge >= 0.3 is 5.97 Å². The lowest BCUT2D eigenvalue weighted by atomic mass is 9.99. The molecule has 0 aliphatic carbocycles. The number of carbonyl (C=O) groups is 1. The number of nitrogen functional groups attached to an aromatic ring is 1. The molecule has 0 saturated carbocycles. The van der Waals surface area contributed by atoms with Crippen LogP contribution in [0.2, 0.25) is 0 Å². The molecule has 2 heterocycles. The number of hydrogen-bond acceptors (Lipinski definition) is 5. The van der Waals surface area contributed by atoms with Gasteiger partial charge in [0, 0.05) is 25.9 Å². The first-order valence-electron chi connectivity index (χ1n) is 5.97. The number of anilines is 2. The van der Waals surface area contributed by atoms with Crippen LogP contribution in [0.1, 0.15) is 23.2 Å². The fourth-order valence-corrected chi connectivity index (χ4v) is 2.31. The maximum Gasteiger partial charge on any atom is 0.337 e. The van der Waals surface area contributed by atoms with Crippen molar-refractivity contribution in [3.63, 3.8) is 0 Å². The van der Waals surface area contributed by atoms with Crippen molar-refractivity contribution < 1.29 is 15.0 Å². The first-order valence-corrected chi connectivity index (χ1v) is 5.97. The van der Waals surface area contributed by atoms with Gasteiger partial charge in [-0.25, -0.2) is 9.78 Å². The zero-order chi connectivity index (χ0) is 13.1. The second-order valence-corrected chi connectivity index (χ2v) is 4.54. The van der Waals surface area contributed by atoms with E-state index in [-0.39, 0.29) is 23.8 Å². The van der Waals surface area contributed by atoms with E-state index in [4.69, 9.17) is 10.8 Å². The van der Waals surface area contributed by atoms with Gasteiger partial charge in [-0.3, -0.25) is 0 Å². The lowest BCUT2D eigenvalue weighted by molar-refractivity contribution is 0.0698. The third kappa shape index (κ3) is 2.38. The van der Waals surface area contributed by atoms with E-state index >= 15 is 0 Å². The summed E-state index contributed by atoms with van der Waals surface area (Å²) >= 11 is 0. The van der Waals surface area contributed by atoms with Crippen LogP contribution in [-0.4, -0.2) is 40.9 Å². The monoisotopic (exact) mass is 251 g/mol. The Bertz CT molecular complexity index is 450. The minimum atomic E-state index is -1.05. The normalized spacial score (nSPS) is 19.8. The lowest BCUT2D eigenvalue weighted by Crippen LogP contribution is -2.37. The van der Waals surface area contributed by atoms with Crippen molar-refractivity contribution in [1.29, 1.82) is 0 Å². The zero-order valence-electron chi connectivity index (χ0n) is 10.0. The summed E-state index contributed by atoms with van der Waals surface area (Å²) in [5, 5.41) is 18.2. The predicted octanol–water partition coefficient (Wildman–Crippen LogP) is 0.571. The van der Waals surface area contributed by atoms with Gasteiger partial charge in [-0.1, -0.05) is 0 Å². The third-order valence-electron chi connectivity index (χ3n) is 3.28. The number of carboxylic acid groups (broad SMARTS) is 1. The van der Waals surface area contributed by atoms with Crippen LogP contribution in [0.3, 0.4) is 0 Å². The summed E-state index contributed by atoms with van der Waals surface area (Å²) in [6, 6.07) is 1.40. The zero-order valence-corrected chi connectivity index (χ0v) is 10.0. The Morgan fingerprint density at radius 2 is 2.39 bits per heavy atom. The van der Waals surface area contributed by atoms with E-state index in [2.05, 4.69) is 4.98 Å². The molecule has 0 radical (unpaired) electrons.